The first-order chi connectivity index (χ1) is 9.09. The van der Waals surface area contributed by atoms with Gasteiger partial charge in [-0.1, -0.05) is 18.2 Å². The van der Waals surface area contributed by atoms with Gasteiger partial charge in [-0.15, -0.1) is 0 Å². The SMILES string of the molecule is Nc1ccc2ncn(S(=O)(=O)c3ccccc3)c2c1. The van der Waals surface area contributed by atoms with E-state index in [-0.39, 0.29) is 4.90 Å². The summed E-state index contributed by atoms with van der Waals surface area (Å²) in [5.41, 5.74) is 7.26. The van der Waals surface area contributed by atoms with Crippen LogP contribution in [-0.4, -0.2) is 17.4 Å². The quantitative estimate of drug-likeness (QED) is 0.723. The summed E-state index contributed by atoms with van der Waals surface area (Å²) in [6, 6.07) is 13.2. The van der Waals surface area contributed by atoms with E-state index >= 15 is 0 Å². The molecule has 0 unspecified atom stereocenters. The van der Waals surface area contributed by atoms with E-state index in [1.807, 2.05) is 0 Å². The molecule has 0 radical (unpaired) electrons. The summed E-state index contributed by atoms with van der Waals surface area (Å²) < 4.78 is 26.2. The Morgan fingerprint density at radius 2 is 1.79 bits per heavy atom. The van der Waals surface area contributed by atoms with Gasteiger partial charge < -0.3 is 5.73 Å². The predicted molar refractivity (Wildman–Crippen MR) is 73.2 cm³/mol. The van der Waals surface area contributed by atoms with Gasteiger partial charge in [0, 0.05) is 5.69 Å². The number of aromatic nitrogens is 2. The average Bonchev–Trinajstić information content (AvgIpc) is 2.83. The third kappa shape index (κ3) is 1.86. The first-order valence-corrected chi connectivity index (χ1v) is 7.06. The molecule has 0 amide bonds. The monoisotopic (exact) mass is 273 g/mol. The molecule has 0 bridgehead atoms. The third-order valence-electron chi connectivity index (χ3n) is 2.84. The Labute approximate surface area is 110 Å². The zero-order chi connectivity index (χ0) is 13.5. The largest absolute Gasteiger partial charge is 0.399 e. The van der Waals surface area contributed by atoms with Crippen molar-refractivity contribution < 1.29 is 8.42 Å². The highest BCUT2D eigenvalue weighted by Gasteiger charge is 2.19. The zero-order valence-corrected chi connectivity index (χ0v) is 10.7. The summed E-state index contributed by atoms with van der Waals surface area (Å²) in [6.45, 7) is 0. The summed E-state index contributed by atoms with van der Waals surface area (Å²) in [6.07, 6.45) is 1.30. The van der Waals surface area contributed by atoms with E-state index in [0.717, 1.165) is 3.97 Å². The highest BCUT2D eigenvalue weighted by atomic mass is 32.2. The third-order valence-corrected chi connectivity index (χ3v) is 4.52. The van der Waals surface area contributed by atoms with Gasteiger partial charge in [0.05, 0.1) is 15.9 Å². The fraction of sp³-hybridized carbons (Fsp3) is 0. The molecule has 0 saturated carbocycles. The number of hydrogen-bond donors (Lipinski definition) is 1. The molecular formula is C13H11N3O2S. The predicted octanol–water partition coefficient (Wildman–Crippen LogP) is 1.86. The van der Waals surface area contributed by atoms with Crippen LogP contribution in [0.3, 0.4) is 0 Å². The molecule has 5 nitrogen and oxygen atoms in total. The Bertz CT molecular complexity index is 839. The molecule has 96 valence electrons. The number of anilines is 1. The molecule has 2 N–H and O–H groups in total. The van der Waals surface area contributed by atoms with E-state index in [2.05, 4.69) is 4.98 Å². The summed E-state index contributed by atoms with van der Waals surface area (Å²) in [5.74, 6) is 0. The topological polar surface area (TPSA) is 78.0 Å². The number of nitrogen functional groups attached to an aromatic ring is 1. The normalized spacial score (nSPS) is 11.8. The summed E-state index contributed by atoms with van der Waals surface area (Å²) in [7, 11) is -3.64. The van der Waals surface area contributed by atoms with Crippen LogP contribution in [0.1, 0.15) is 0 Å². The number of fused-ring (bicyclic) bond motifs is 1. The van der Waals surface area contributed by atoms with Gasteiger partial charge in [0.25, 0.3) is 10.0 Å². The maximum absolute atomic E-state index is 12.5. The van der Waals surface area contributed by atoms with Crippen molar-refractivity contribution in [3.8, 4) is 0 Å². The lowest BCUT2D eigenvalue weighted by atomic mass is 10.3. The Morgan fingerprint density at radius 1 is 1.05 bits per heavy atom. The van der Waals surface area contributed by atoms with E-state index < -0.39 is 10.0 Å². The lowest BCUT2D eigenvalue weighted by molar-refractivity contribution is 0.588. The lowest BCUT2D eigenvalue weighted by Crippen LogP contribution is -2.11. The van der Waals surface area contributed by atoms with Crippen molar-refractivity contribution in [2.45, 2.75) is 4.90 Å². The van der Waals surface area contributed by atoms with Gasteiger partial charge in [0.15, 0.2) is 0 Å². The van der Waals surface area contributed by atoms with Crippen molar-refractivity contribution in [3.63, 3.8) is 0 Å². The molecule has 0 spiro atoms. The number of rotatable bonds is 2. The van der Waals surface area contributed by atoms with Gasteiger partial charge in [0.1, 0.15) is 6.33 Å². The molecule has 0 saturated heterocycles. The minimum atomic E-state index is -3.64. The van der Waals surface area contributed by atoms with Gasteiger partial charge >= 0.3 is 0 Å². The first-order valence-electron chi connectivity index (χ1n) is 5.62. The van der Waals surface area contributed by atoms with Gasteiger partial charge in [-0.25, -0.2) is 17.4 Å². The van der Waals surface area contributed by atoms with Gasteiger partial charge in [0.2, 0.25) is 0 Å². The van der Waals surface area contributed by atoms with E-state index in [9.17, 15) is 8.42 Å². The Hall–Kier alpha value is -2.34. The molecule has 2 aromatic carbocycles. The number of benzene rings is 2. The molecular weight excluding hydrogens is 262 g/mol. The fourth-order valence-corrected chi connectivity index (χ4v) is 3.21. The van der Waals surface area contributed by atoms with E-state index in [4.69, 9.17) is 5.73 Å². The minimum absolute atomic E-state index is 0.219. The second-order valence-electron chi connectivity index (χ2n) is 4.11. The summed E-state index contributed by atoms with van der Waals surface area (Å²) >= 11 is 0. The number of nitrogens with zero attached hydrogens (tertiary/aromatic N) is 2. The summed E-state index contributed by atoms with van der Waals surface area (Å²) in [4.78, 5) is 4.30. The molecule has 6 heteroatoms. The van der Waals surface area contributed by atoms with Crippen molar-refractivity contribution >= 4 is 26.7 Å². The highest BCUT2D eigenvalue weighted by Crippen LogP contribution is 2.21. The van der Waals surface area contributed by atoms with E-state index in [1.54, 1.807) is 48.5 Å². The molecule has 0 aliphatic rings. The first kappa shape index (κ1) is 11.7. The van der Waals surface area contributed by atoms with Gasteiger partial charge in [-0.2, -0.15) is 0 Å². The zero-order valence-electron chi connectivity index (χ0n) is 9.89. The van der Waals surface area contributed by atoms with Crippen molar-refractivity contribution in [1.29, 1.82) is 0 Å². The Kier molecular flexibility index (Phi) is 2.53. The number of hydrogen-bond acceptors (Lipinski definition) is 4. The van der Waals surface area contributed by atoms with Crippen LogP contribution in [0.15, 0.2) is 59.8 Å². The second-order valence-corrected chi connectivity index (χ2v) is 5.92. The molecule has 1 aromatic heterocycles. The van der Waals surface area contributed by atoms with Crippen LogP contribution in [0.4, 0.5) is 5.69 Å². The van der Waals surface area contributed by atoms with Crippen molar-refractivity contribution in [3.05, 3.63) is 54.9 Å². The fourth-order valence-electron chi connectivity index (χ4n) is 1.90. The molecule has 0 atom stereocenters. The van der Waals surface area contributed by atoms with Crippen LogP contribution in [0, 0.1) is 0 Å². The minimum Gasteiger partial charge on any atom is -0.399 e. The molecule has 0 fully saturated rings. The standard InChI is InChI=1S/C13H11N3O2S/c14-10-6-7-12-13(8-10)16(9-15-12)19(17,18)11-4-2-1-3-5-11/h1-9H,14H2. The van der Waals surface area contributed by atoms with Crippen LogP contribution in [0.5, 0.6) is 0 Å². The van der Waals surface area contributed by atoms with Crippen LogP contribution in [0.2, 0.25) is 0 Å². The van der Waals surface area contributed by atoms with E-state index in [1.165, 1.54) is 6.33 Å². The van der Waals surface area contributed by atoms with E-state index in [0.29, 0.717) is 16.7 Å². The van der Waals surface area contributed by atoms with Crippen LogP contribution >= 0.6 is 0 Å². The second kappa shape index (κ2) is 4.10. The Balaban J connectivity index is 2.28. The number of nitrogens with two attached hydrogens (primary N) is 1. The molecule has 3 aromatic rings. The maximum atomic E-state index is 12.5. The highest BCUT2D eigenvalue weighted by molar-refractivity contribution is 7.90. The van der Waals surface area contributed by atoms with Crippen LogP contribution in [0.25, 0.3) is 11.0 Å². The molecule has 0 aliphatic carbocycles. The summed E-state index contributed by atoms with van der Waals surface area (Å²) in [5, 5.41) is 0. The van der Waals surface area contributed by atoms with Crippen molar-refractivity contribution in [2.75, 3.05) is 5.73 Å². The smallest absolute Gasteiger partial charge is 0.269 e. The van der Waals surface area contributed by atoms with Crippen molar-refractivity contribution in [2.24, 2.45) is 0 Å². The molecule has 0 aliphatic heterocycles. The number of imidazole rings is 1. The molecule has 3 rings (SSSR count). The van der Waals surface area contributed by atoms with Crippen LogP contribution in [-0.2, 0) is 10.0 Å². The molecule has 1 heterocycles. The van der Waals surface area contributed by atoms with Crippen molar-refractivity contribution in [1.82, 2.24) is 8.96 Å². The Morgan fingerprint density at radius 3 is 2.53 bits per heavy atom. The average molecular weight is 273 g/mol. The maximum Gasteiger partial charge on any atom is 0.269 e. The van der Waals surface area contributed by atoms with Gasteiger partial charge in [-0.05, 0) is 30.3 Å². The van der Waals surface area contributed by atoms with Crippen LogP contribution < -0.4 is 5.73 Å². The lowest BCUT2D eigenvalue weighted by Gasteiger charge is -2.06. The van der Waals surface area contributed by atoms with Gasteiger partial charge in [-0.3, -0.25) is 0 Å². The molecule has 19 heavy (non-hydrogen) atoms.